The predicted octanol–water partition coefficient (Wildman–Crippen LogP) is 1.24. The molecule has 0 aromatic heterocycles. The molecule has 2 amide bonds. The van der Waals surface area contributed by atoms with Gasteiger partial charge in [-0.25, -0.2) is 0 Å². The van der Waals surface area contributed by atoms with Crippen molar-refractivity contribution < 1.29 is 14.3 Å². The van der Waals surface area contributed by atoms with Crippen LogP contribution in [0.4, 0.5) is 0 Å². The molecule has 1 atom stereocenters. The largest absolute Gasteiger partial charge is 0.496 e. The second-order valence-corrected chi connectivity index (χ2v) is 4.77. The molecule has 6 heteroatoms. The third-order valence-corrected chi connectivity index (χ3v) is 3.25. The molecule has 1 aliphatic rings. The number of carbonyl (C=O) groups excluding carboxylic acids is 2. The Labute approximate surface area is 116 Å². The van der Waals surface area contributed by atoms with Gasteiger partial charge in [0.05, 0.1) is 7.11 Å². The van der Waals surface area contributed by atoms with Crippen LogP contribution in [-0.4, -0.2) is 25.0 Å². The molecule has 1 aromatic carbocycles. The maximum atomic E-state index is 11.8. The molecule has 2 N–H and O–H groups in total. The molecule has 1 aromatic rings. The molecule has 0 aliphatic carbocycles. The standard InChI is InChI=1S/C13H15ClN2O3/c1-19-11-6-9(14)3-2-8(11)7-15-13(18)10-4-5-12(17)16-10/h2-3,6,10H,4-5,7H2,1H3,(H,15,18)(H,16,17)/t10-/m1/s1. The predicted molar refractivity (Wildman–Crippen MR) is 71.0 cm³/mol. The summed E-state index contributed by atoms with van der Waals surface area (Å²) >= 11 is 5.86. The van der Waals surface area contributed by atoms with Crippen molar-refractivity contribution in [2.24, 2.45) is 0 Å². The van der Waals surface area contributed by atoms with Crippen molar-refractivity contribution in [2.45, 2.75) is 25.4 Å². The van der Waals surface area contributed by atoms with Crippen molar-refractivity contribution in [1.29, 1.82) is 0 Å². The first-order chi connectivity index (χ1) is 9.10. The van der Waals surface area contributed by atoms with Gasteiger partial charge >= 0.3 is 0 Å². The molecule has 2 rings (SSSR count). The number of hydrogen-bond acceptors (Lipinski definition) is 3. The maximum Gasteiger partial charge on any atom is 0.242 e. The number of nitrogens with one attached hydrogen (secondary N) is 2. The van der Waals surface area contributed by atoms with E-state index in [4.69, 9.17) is 16.3 Å². The molecule has 0 spiro atoms. The van der Waals surface area contributed by atoms with Gasteiger partial charge in [-0.1, -0.05) is 17.7 Å². The summed E-state index contributed by atoms with van der Waals surface area (Å²) in [6.45, 7) is 0.339. The van der Waals surface area contributed by atoms with Gasteiger partial charge in [0, 0.05) is 23.6 Å². The number of ether oxygens (including phenoxy) is 1. The Bertz CT molecular complexity index is 505. The normalized spacial score (nSPS) is 18.0. The smallest absolute Gasteiger partial charge is 0.242 e. The molecule has 0 bridgehead atoms. The van der Waals surface area contributed by atoms with Crippen molar-refractivity contribution in [3.63, 3.8) is 0 Å². The number of methoxy groups -OCH3 is 1. The Morgan fingerprint density at radius 2 is 2.37 bits per heavy atom. The third kappa shape index (κ3) is 3.38. The summed E-state index contributed by atoms with van der Waals surface area (Å²) in [6, 6.07) is 4.81. The number of amides is 2. The zero-order valence-corrected chi connectivity index (χ0v) is 11.3. The fourth-order valence-electron chi connectivity index (χ4n) is 1.98. The average Bonchev–Trinajstić information content (AvgIpc) is 2.83. The highest BCUT2D eigenvalue weighted by Gasteiger charge is 2.26. The minimum atomic E-state index is -0.425. The van der Waals surface area contributed by atoms with Crippen LogP contribution in [0.1, 0.15) is 18.4 Å². The van der Waals surface area contributed by atoms with Gasteiger partial charge in [0.15, 0.2) is 0 Å². The van der Waals surface area contributed by atoms with E-state index >= 15 is 0 Å². The molecule has 1 fully saturated rings. The van der Waals surface area contributed by atoms with E-state index in [9.17, 15) is 9.59 Å². The highest BCUT2D eigenvalue weighted by Crippen LogP contribution is 2.23. The molecule has 1 aliphatic heterocycles. The summed E-state index contributed by atoms with van der Waals surface area (Å²) in [5.74, 6) is 0.371. The molecule has 0 radical (unpaired) electrons. The Morgan fingerprint density at radius 1 is 1.58 bits per heavy atom. The number of carbonyl (C=O) groups is 2. The number of rotatable bonds is 4. The fraction of sp³-hybridized carbons (Fsp3) is 0.385. The van der Waals surface area contributed by atoms with E-state index < -0.39 is 6.04 Å². The SMILES string of the molecule is COc1cc(Cl)ccc1CNC(=O)[C@H]1CCC(=O)N1. The van der Waals surface area contributed by atoms with Crippen molar-refractivity contribution in [2.75, 3.05) is 7.11 Å². The fourth-order valence-corrected chi connectivity index (χ4v) is 2.14. The summed E-state index contributed by atoms with van der Waals surface area (Å²) in [6.07, 6.45) is 0.949. The Morgan fingerprint density at radius 3 is 3.00 bits per heavy atom. The van der Waals surface area contributed by atoms with Crippen LogP contribution < -0.4 is 15.4 Å². The number of hydrogen-bond donors (Lipinski definition) is 2. The minimum Gasteiger partial charge on any atom is -0.496 e. The van der Waals surface area contributed by atoms with E-state index in [1.165, 1.54) is 0 Å². The summed E-state index contributed by atoms with van der Waals surface area (Å²) in [5, 5.41) is 5.98. The van der Waals surface area contributed by atoms with Gasteiger partial charge in [-0.05, 0) is 18.6 Å². The van der Waals surface area contributed by atoms with Crippen LogP contribution in [0.15, 0.2) is 18.2 Å². The highest BCUT2D eigenvalue weighted by atomic mass is 35.5. The first-order valence-electron chi connectivity index (χ1n) is 5.99. The van der Waals surface area contributed by atoms with Gasteiger partial charge in [0.2, 0.25) is 11.8 Å². The number of halogens is 1. The second kappa shape index (κ2) is 5.93. The van der Waals surface area contributed by atoms with Crippen molar-refractivity contribution in [1.82, 2.24) is 10.6 Å². The van der Waals surface area contributed by atoms with Crippen LogP contribution >= 0.6 is 11.6 Å². The van der Waals surface area contributed by atoms with Crippen molar-refractivity contribution in [3.05, 3.63) is 28.8 Å². The Kier molecular flexibility index (Phi) is 4.27. The summed E-state index contributed by atoms with van der Waals surface area (Å²) in [4.78, 5) is 22.9. The van der Waals surface area contributed by atoms with Gasteiger partial charge < -0.3 is 15.4 Å². The minimum absolute atomic E-state index is 0.0794. The molecule has 1 saturated heterocycles. The summed E-state index contributed by atoms with van der Waals surface area (Å²) in [5.41, 5.74) is 0.838. The van der Waals surface area contributed by atoms with E-state index in [0.717, 1.165) is 5.56 Å². The van der Waals surface area contributed by atoms with Crippen molar-refractivity contribution >= 4 is 23.4 Å². The summed E-state index contributed by atoms with van der Waals surface area (Å²) in [7, 11) is 1.55. The van der Waals surface area contributed by atoms with E-state index in [1.54, 1.807) is 25.3 Å². The van der Waals surface area contributed by atoms with Crippen LogP contribution in [0.25, 0.3) is 0 Å². The van der Waals surface area contributed by atoms with Gasteiger partial charge in [0.1, 0.15) is 11.8 Å². The monoisotopic (exact) mass is 282 g/mol. The lowest BCUT2D eigenvalue weighted by atomic mass is 10.1. The highest BCUT2D eigenvalue weighted by molar-refractivity contribution is 6.30. The first-order valence-corrected chi connectivity index (χ1v) is 6.37. The van der Waals surface area contributed by atoms with Crippen molar-refractivity contribution in [3.8, 4) is 5.75 Å². The Hall–Kier alpha value is -1.75. The second-order valence-electron chi connectivity index (χ2n) is 4.33. The molecular formula is C13H15ClN2O3. The van der Waals surface area contributed by atoms with E-state index in [1.807, 2.05) is 0 Å². The molecular weight excluding hydrogens is 268 g/mol. The molecule has 1 heterocycles. The molecule has 102 valence electrons. The van der Waals surface area contributed by atoms with Crippen LogP contribution in [0.2, 0.25) is 5.02 Å². The zero-order chi connectivity index (χ0) is 13.8. The lowest BCUT2D eigenvalue weighted by Gasteiger charge is -2.13. The third-order valence-electron chi connectivity index (χ3n) is 3.01. The Balaban J connectivity index is 1.95. The van der Waals surface area contributed by atoms with E-state index in [0.29, 0.717) is 30.2 Å². The van der Waals surface area contributed by atoms with Crippen LogP contribution in [-0.2, 0) is 16.1 Å². The maximum absolute atomic E-state index is 11.8. The first kappa shape index (κ1) is 13.7. The van der Waals surface area contributed by atoms with Gasteiger partial charge in [0.25, 0.3) is 0 Å². The van der Waals surface area contributed by atoms with E-state index in [2.05, 4.69) is 10.6 Å². The van der Waals surface area contributed by atoms with Gasteiger partial charge in [-0.2, -0.15) is 0 Å². The lowest BCUT2D eigenvalue weighted by molar-refractivity contribution is -0.125. The number of benzene rings is 1. The zero-order valence-electron chi connectivity index (χ0n) is 10.5. The molecule has 0 saturated carbocycles. The topological polar surface area (TPSA) is 67.4 Å². The van der Waals surface area contributed by atoms with E-state index in [-0.39, 0.29) is 11.8 Å². The molecule has 0 unspecified atom stereocenters. The van der Waals surface area contributed by atoms with Crippen LogP contribution in [0.5, 0.6) is 5.75 Å². The molecule has 19 heavy (non-hydrogen) atoms. The van der Waals surface area contributed by atoms with Gasteiger partial charge in [-0.15, -0.1) is 0 Å². The summed E-state index contributed by atoms with van der Waals surface area (Å²) < 4.78 is 5.20. The molecule has 5 nitrogen and oxygen atoms in total. The average molecular weight is 283 g/mol. The van der Waals surface area contributed by atoms with Crippen LogP contribution in [0, 0.1) is 0 Å². The van der Waals surface area contributed by atoms with Gasteiger partial charge in [-0.3, -0.25) is 9.59 Å². The lowest BCUT2D eigenvalue weighted by Crippen LogP contribution is -2.41. The van der Waals surface area contributed by atoms with Crippen LogP contribution in [0.3, 0.4) is 0 Å². The quantitative estimate of drug-likeness (QED) is 0.873.